The van der Waals surface area contributed by atoms with Crippen molar-refractivity contribution in [2.24, 2.45) is 0 Å². The van der Waals surface area contributed by atoms with Crippen molar-refractivity contribution < 1.29 is 17.9 Å². The molecule has 3 N–H and O–H groups in total. The van der Waals surface area contributed by atoms with Gasteiger partial charge in [0.2, 0.25) is 11.8 Å². The van der Waals surface area contributed by atoms with Gasteiger partial charge in [-0.2, -0.15) is 18.2 Å². The largest absolute Gasteiger partial charge is 0.436 e. The lowest BCUT2D eigenvalue weighted by Crippen LogP contribution is -2.38. The fourth-order valence-electron chi connectivity index (χ4n) is 3.11. The normalized spacial score (nSPS) is 17.8. The molecule has 0 spiro atoms. The van der Waals surface area contributed by atoms with Crippen molar-refractivity contribution in [1.82, 2.24) is 20.3 Å². The Kier molecular flexibility index (Phi) is 4.61. The van der Waals surface area contributed by atoms with Crippen LogP contribution in [0.15, 0.2) is 36.7 Å². The maximum absolute atomic E-state index is 13.4. The molecule has 4 rings (SSSR count). The Morgan fingerprint density at radius 2 is 2.11 bits per heavy atom. The molecule has 0 amide bonds. The van der Waals surface area contributed by atoms with Crippen LogP contribution >= 0.6 is 0 Å². The van der Waals surface area contributed by atoms with Crippen molar-refractivity contribution in [3.05, 3.63) is 42.2 Å². The summed E-state index contributed by atoms with van der Waals surface area (Å²) in [4.78, 5) is 10.8. The molecule has 6 nitrogen and oxygen atoms in total. The summed E-state index contributed by atoms with van der Waals surface area (Å²) in [6.07, 6.45) is -0.281. The van der Waals surface area contributed by atoms with E-state index in [2.05, 4.69) is 25.6 Å². The number of halogens is 3. The number of hydrogen-bond acceptors (Lipinski definition) is 5. The lowest BCUT2D eigenvalue weighted by atomic mass is 10.1. The second-order valence-electron chi connectivity index (χ2n) is 6.40. The molecule has 1 saturated heterocycles. The highest BCUT2D eigenvalue weighted by atomic mass is 19.4. The number of hydrogen-bond donors (Lipinski definition) is 3. The molecule has 1 unspecified atom stereocenters. The van der Waals surface area contributed by atoms with Gasteiger partial charge in [-0.15, -0.1) is 0 Å². The molecular weight excluding hydrogens is 359 g/mol. The van der Waals surface area contributed by atoms with Crippen molar-refractivity contribution >= 4 is 16.9 Å². The molecule has 0 aliphatic carbocycles. The Labute approximate surface area is 153 Å². The summed E-state index contributed by atoms with van der Waals surface area (Å²) in [6.45, 7) is 1.64. The van der Waals surface area contributed by atoms with E-state index in [1.165, 1.54) is 0 Å². The molecule has 27 heavy (non-hydrogen) atoms. The Hall–Kier alpha value is -2.81. The summed E-state index contributed by atoms with van der Waals surface area (Å²) >= 11 is 0. The summed E-state index contributed by atoms with van der Waals surface area (Å²) in [6, 6.07) is 7.03. The highest BCUT2D eigenvalue weighted by Gasteiger charge is 2.36. The Bertz CT molecular complexity index is 934. The SMILES string of the molecule is FC(F)(F)c1cnc(NC2CCCNC2)nc1Oc1cccc2cc[nH]c12. The van der Waals surface area contributed by atoms with E-state index in [-0.39, 0.29) is 17.7 Å². The topological polar surface area (TPSA) is 74.9 Å². The van der Waals surface area contributed by atoms with E-state index in [4.69, 9.17) is 4.74 Å². The number of anilines is 1. The second kappa shape index (κ2) is 7.07. The van der Waals surface area contributed by atoms with Crippen LogP contribution in [0.4, 0.5) is 19.1 Å². The molecule has 142 valence electrons. The average Bonchev–Trinajstić information content (AvgIpc) is 3.12. The summed E-state index contributed by atoms with van der Waals surface area (Å²) < 4.78 is 45.8. The van der Waals surface area contributed by atoms with Gasteiger partial charge < -0.3 is 20.4 Å². The third-order valence-corrected chi connectivity index (χ3v) is 4.44. The first kappa shape index (κ1) is 17.6. The first-order valence-electron chi connectivity index (χ1n) is 8.66. The van der Waals surface area contributed by atoms with Crippen molar-refractivity contribution in [3.63, 3.8) is 0 Å². The second-order valence-corrected chi connectivity index (χ2v) is 6.40. The molecule has 0 bridgehead atoms. The van der Waals surface area contributed by atoms with E-state index in [0.717, 1.165) is 31.0 Å². The number of rotatable bonds is 4. The van der Waals surface area contributed by atoms with Gasteiger partial charge in [0.15, 0.2) is 5.75 Å². The van der Waals surface area contributed by atoms with Gasteiger partial charge >= 0.3 is 6.18 Å². The molecule has 9 heteroatoms. The van der Waals surface area contributed by atoms with Gasteiger partial charge in [0.25, 0.3) is 0 Å². The van der Waals surface area contributed by atoms with Crippen molar-refractivity contribution in [2.75, 3.05) is 18.4 Å². The predicted molar refractivity (Wildman–Crippen MR) is 94.9 cm³/mol. The summed E-state index contributed by atoms with van der Waals surface area (Å²) in [5.74, 6) is -0.136. The molecule has 1 aliphatic heterocycles. The molecule has 1 aromatic carbocycles. The predicted octanol–water partition coefficient (Wildman–Crippen LogP) is 3.93. The zero-order valence-corrected chi connectivity index (χ0v) is 14.3. The molecule has 1 aliphatic rings. The smallest absolute Gasteiger partial charge is 0.423 e. The minimum atomic E-state index is -4.62. The monoisotopic (exact) mass is 377 g/mol. The van der Waals surface area contributed by atoms with Gasteiger partial charge in [0.05, 0.1) is 5.52 Å². The molecule has 0 radical (unpaired) electrons. The minimum absolute atomic E-state index is 0.0650. The van der Waals surface area contributed by atoms with Gasteiger partial charge in [0, 0.05) is 30.4 Å². The maximum atomic E-state index is 13.4. The summed E-state index contributed by atoms with van der Waals surface area (Å²) in [7, 11) is 0. The van der Waals surface area contributed by atoms with Gasteiger partial charge in [-0.05, 0) is 31.5 Å². The number of H-pyrrole nitrogens is 1. The highest BCUT2D eigenvalue weighted by molar-refractivity contribution is 5.85. The molecule has 0 saturated carbocycles. The number of fused-ring (bicyclic) bond motifs is 1. The Morgan fingerprint density at radius 3 is 2.89 bits per heavy atom. The Balaban J connectivity index is 1.67. The van der Waals surface area contributed by atoms with Crippen LogP contribution in [-0.2, 0) is 6.18 Å². The van der Waals surface area contributed by atoms with Crippen LogP contribution in [0.3, 0.4) is 0 Å². The lowest BCUT2D eigenvalue weighted by Gasteiger charge is -2.24. The number of nitrogens with one attached hydrogen (secondary N) is 3. The number of alkyl halides is 3. The van der Waals surface area contributed by atoms with Crippen LogP contribution in [0.5, 0.6) is 11.6 Å². The lowest BCUT2D eigenvalue weighted by molar-refractivity contribution is -0.139. The Morgan fingerprint density at radius 1 is 1.22 bits per heavy atom. The number of benzene rings is 1. The van der Waals surface area contributed by atoms with E-state index < -0.39 is 17.6 Å². The molecule has 1 fully saturated rings. The van der Waals surface area contributed by atoms with Crippen molar-refractivity contribution in [3.8, 4) is 11.6 Å². The van der Waals surface area contributed by atoms with E-state index in [1.54, 1.807) is 18.3 Å². The quantitative estimate of drug-likeness (QED) is 0.642. The van der Waals surface area contributed by atoms with Crippen molar-refractivity contribution in [2.45, 2.75) is 25.1 Å². The zero-order chi connectivity index (χ0) is 18.9. The average molecular weight is 377 g/mol. The summed E-state index contributed by atoms with van der Waals surface area (Å²) in [5, 5.41) is 7.14. The zero-order valence-electron chi connectivity index (χ0n) is 14.3. The van der Waals surface area contributed by atoms with Crippen LogP contribution in [0.1, 0.15) is 18.4 Å². The molecule has 1 atom stereocenters. The van der Waals surface area contributed by atoms with Crippen molar-refractivity contribution in [1.29, 1.82) is 0 Å². The number of aromatic nitrogens is 3. The maximum Gasteiger partial charge on any atom is 0.423 e. The van der Waals surface area contributed by atoms with Gasteiger partial charge in [-0.25, -0.2) is 4.98 Å². The highest BCUT2D eigenvalue weighted by Crippen LogP contribution is 2.38. The number of piperidine rings is 1. The molecule has 2 aromatic heterocycles. The number of ether oxygens (including phenoxy) is 1. The van der Waals surface area contributed by atoms with Crippen LogP contribution in [0, 0.1) is 0 Å². The molecular formula is C18H18F3N5O. The molecule has 3 aromatic rings. The standard InChI is InChI=1S/C18H18F3N5O/c19-18(20,21)13-10-24-17(25-12-4-2-7-22-9-12)26-16(13)27-14-5-1-3-11-6-8-23-15(11)14/h1,3,5-6,8,10,12,22-23H,2,4,7,9H2,(H,24,25,26). The third kappa shape index (κ3) is 3.82. The number of nitrogens with zero attached hydrogens (tertiary/aromatic N) is 2. The van der Waals surface area contributed by atoms with E-state index >= 15 is 0 Å². The number of aromatic amines is 1. The van der Waals surface area contributed by atoms with Gasteiger partial charge in [-0.1, -0.05) is 12.1 Å². The van der Waals surface area contributed by atoms with Crippen LogP contribution in [-0.4, -0.2) is 34.1 Å². The van der Waals surface area contributed by atoms with Gasteiger partial charge in [0.1, 0.15) is 5.56 Å². The first-order chi connectivity index (χ1) is 13.0. The van der Waals surface area contributed by atoms with Crippen LogP contribution in [0.25, 0.3) is 10.9 Å². The fraction of sp³-hybridized carbons (Fsp3) is 0.333. The molecule has 3 heterocycles. The third-order valence-electron chi connectivity index (χ3n) is 4.44. The van der Waals surface area contributed by atoms with Crippen LogP contribution in [0.2, 0.25) is 0 Å². The van der Waals surface area contributed by atoms with Crippen LogP contribution < -0.4 is 15.4 Å². The summed E-state index contributed by atoms with van der Waals surface area (Å²) in [5.41, 5.74) is -0.409. The van der Waals surface area contributed by atoms with E-state index in [1.807, 2.05) is 12.1 Å². The fourth-order valence-corrected chi connectivity index (χ4v) is 3.11. The van der Waals surface area contributed by atoms with E-state index in [0.29, 0.717) is 12.1 Å². The van der Waals surface area contributed by atoms with Gasteiger partial charge in [-0.3, -0.25) is 0 Å². The minimum Gasteiger partial charge on any atom is -0.436 e. The van der Waals surface area contributed by atoms with E-state index in [9.17, 15) is 13.2 Å². The number of para-hydroxylation sites is 1. The first-order valence-corrected chi connectivity index (χ1v) is 8.66.